The van der Waals surface area contributed by atoms with E-state index in [1.54, 1.807) is 24.8 Å². The van der Waals surface area contributed by atoms with E-state index in [0.29, 0.717) is 38.5 Å². The average molecular weight is 351 g/mol. The number of esters is 1. The van der Waals surface area contributed by atoms with E-state index in [0.717, 1.165) is 0 Å². The second-order valence-electron chi connectivity index (χ2n) is 5.35. The number of carbonyl (C=O) groups excluding carboxylic acids is 2. The van der Waals surface area contributed by atoms with Crippen molar-refractivity contribution < 1.29 is 24.0 Å². The van der Waals surface area contributed by atoms with Gasteiger partial charge in [0.1, 0.15) is 5.69 Å². The SMILES string of the molecule is CCOC(=O)c1ccc(N2CCN(C(=O)OCC)CC2)c([N+](=O)[O-])c1. The van der Waals surface area contributed by atoms with Crippen LogP contribution < -0.4 is 4.90 Å². The predicted molar refractivity (Wildman–Crippen MR) is 89.9 cm³/mol. The smallest absolute Gasteiger partial charge is 0.409 e. The Morgan fingerprint density at radius 2 is 1.76 bits per heavy atom. The van der Waals surface area contributed by atoms with Crippen LogP contribution in [-0.2, 0) is 9.47 Å². The molecule has 9 heteroatoms. The Balaban J connectivity index is 2.15. The second-order valence-corrected chi connectivity index (χ2v) is 5.35. The number of hydrogen-bond donors (Lipinski definition) is 0. The van der Waals surface area contributed by atoms with Crippen molar-refractivity contribution in [1.29, 1.82) is 0 Å². The lowest BCUT2D eigenvalue weighted by atomic mass is 10.1. The van der Waals surface area contributed by atoms with E-state index < -0.39 is 10.9 Å². The van der Waals surface area contributed by atoms with Crippen LogP contribution in [0.2, 0.25) is 0 Å². The van der Waals surface area contributed by atoms with Crippen LogP contribution in [0.15, 0.2) is 18.2 Å². The molecule has 0 radical (unpaired) electrons. The van der Waals surface area contributed by atoms with Crippen LogP contribution in [-0.4, -0.2) is 61.3 Å². The summed E-state index contributed by atoms with van der Waals surface area (Å²) in [5.41, 5.74) is 0.402. The Labute approximate surface area is 145 Å². The van der Waals surface area contributed by atoms with Gasteiger partial charge in [0.15, 0.2) is 0 Å². The number of nitro benzene ring substituents is 1. The summed E-state index contributed by atoms with van der Waals surface area (Å²) < 4.78 is 9.84. The minimum Gasteiger partial charge on any atom is -0.462 e. The number of benzene rings is 1. The van der Waals surface area contributed by atoms with E-state index in [-0.39, 0.29) is 24.0 Å². The molecule has 1 amide bonds. The molecule has 9 nitrogen and oxygen atoms in total. The molecular weight excluding hydrogens is 330 g/mol. The fourth-order valence-corrected chi connectivity index (χ4v) is 2.62. The zero-order valence-electron chi connectivity index (χ0n) is 14.3. The number of hydrogen-bond acceptors (Lipinski definition) is 7. The summed E-state index contributed by atoms with van der Waals surface area (Å²) in [5.74, 6) is -0.593. The van der Waals surface area contributed by atoms with Gasteiger partial charge in [0.25, 0.3) is 5.69 Å². The number of rotatable bonds is 5. The van der Waals surface area contributed by atoms with E-state index in [4.69, 9.17) is 9.47 Å². The molecule has 136 valence electrons. The third kappa shape index (κ3) is 4.37. The molecule has 1 aromatic rings. The second kappa shape index (κ2) is 8.32. The van der Waals surface area contributed by atoms with Crippen molar-refractivity contribution in [3.8, 4) is 0 Å². The van der Waals surface area contributed by atoms with Crippen LogP contribution in [0, 0.1) is 10.1 Å². The number of nitro groups is 1. The van der Waals surface area contributed by atoms with Crippen molar-refractivity contribution in [2.24, 2.45) is 0 Å². The van der Waals surface area contributed by atoms with Crippen molar-refractivity contribution in [2.45, 2.75) is 13.8 Å². The lowest BCUT2D eigenvalue weighted by Crippen LogP contribution is -2.49. The van der Waals surface area contributed by atoms with Crippen LogP contribution in [0.4, 0.5) is 16.2 Å². The Bertz CT molecular complexity index is 655. The summed E-state index contributed by atoms with van der Waals surface area (Å²) in [6.07, 6.45) is -0.380. The number of anilines is 1. The van der Waals surface area contributed by atoms with Gasteiger partial charge in [-0.1, -0.05) is 0 Å². The number of ether oxygens (including phenoxy) is 2. The summed E-state index contributed by atoms with van der Waals surface area (Å²) in [6.45, 7) is 5.62. The van der Waals surface area contributed by atoms with Gasteiger partial charge in [-0.25, -0.2) is 9.59 Å². The molecule has 1 fully saturated rings. The molecule has 1 aliphatic rings. The van der Waals surface area contributed by atoms with E-state index in [1.807, 2.05) is 4.90 Å². The molecule has 0 spiro atoms. The number of carbonyl (C=O) groups is 2. The molecule has 1 saturated heterocycles. The van der Waals surface area contributed by atoms with Gasteiger partial charge in [-0.15, -0.1) is 0 Å². The third-order valence-electron chi connectivity index (χ3n) is 3.83. The van der Waals surface area contributed by atoms with E-state index in [9.17, 15) is 19.7 Å². The first kappa shape index (κ1) is 18.5. The summed E-state index contributed by atoms with van der Waals surface area (Å²) in [5, 5.41) is 11.4. The molecule has 2 rings (SSSR count). The molecule has 0 unspecified atom stereocenters. The highest BCUT2D eigenvalue weighted by Gasteiger charge is 2.27. The molecule has 0 bridgehead atoms. The highest BCUT2D eigenvalue weighted by molar-refractivity contribution is 5.91. The maximum atomic E-state index is 11.8. The molecule has 0 saturated carbocycles. The molecule has 0 atom stereocenters. The van der Waals surface area contributed by atoms with E-state index in [2.05, 4.69) is 0 Å². The lowest BCUT2D eigenvalue weighted by molar-refractivity contribution is -0.384. The Morgan fingerprint density at radius 3 is 2.32 bits per heavy atom. The first-order valence-electron chi connectivity index (χ1n) is 8.10. The maximum absolute atomic E-state index is 11.8. The topological polar surface area (TPSA) is 102 Å². The van der Waals surface area contributed by atoms with Gasteiger partial charge in [0.2, 0.25) is 0 Å². The summed E-state index contributed by atoms with van der Waals surface area (Å²) >= 11 is 0. The van der Waals surface area contributed by atoms with Crippen molar-refractivity contribution in [3.05, 3.63) is 33.9 Å². The van der Waals surface area contributed by atoms with Gasteiger partial charge in [0.05, 0.1) is 23.7 Å². The number of amides is 1. The Hall–Kier alpha value is -2.84. The first-order valence-corrected chi connectivity index (χ1v) is 8.10. The van der Waals surface area contributed by atoms with Gasteiger partial charge < -0.3 is 19.3 Å². The standard InChI is InChI=1S/C16H21N3O6/c1-3-24-15(20)12-5-6-13(14(11-12)19(22)23)17-7-9-18(10-8-17)16(21)25-4-2/h5-6,11H,3-4,7-10H2,1-2H3. The summed E-state index contributed by atoms with van der Waals surface area (Å²) in [6, 6.07) is 4.29. The molecule has 0 aromatic heterocycles. The monoisotopic (exact) mass is 351 g/mol. The van der Waals surface area contributed by atoms with Gasteiger partial charge in [0, 0.05) is 32.2 Å². The van der Waals surface area contributed by atoms with Crippen LogP contribution in [0.1, 0.15) is 24.2 Å². The van der Waals surface area contributed by atoms with Gasteiger partial charge in [-0.2, -0.15) is 0 Å². The predicted octanol–water partition coefficient (Wildman–Crippen LogP) is 2.05. The summed E-state index contributed by atoms with van der Waals surface area (Å²) in [7, 11) is 0. The van der Waals surface area contributed by atoms with Crippen LogP contribution in [0.25, 0.3) is 0 Å². The normalized spacial score (nSPS) is 14.2. The molecule has 25 heavy (non-hydrogen) atoms. The quantitative estimate of drug-likeness (QED) is 0.454. The average Bonchev–Trinajstić information content (AvgIpc) is 2.61. The van der Waals surface area contributed by atoms with E-state index in [1.165, 1.54) is 12.1 Å². The number of nitrogens with zero attached hydrogens (tertiary/aromatic N) is 3. The number of piperazine rings is 1. The molecule has 0 N–H and O–H groups in total. The first-order chi connectivity index (χ1) is 12.0. The molecule has 1 heterocycles. The Kier molecular flexibility index (Phi) is 6.15. The highest BCUT2D eigenvalue weighted by Crippen LogP contribution is 2.30. The van der Waals surface area contributed by atoms with Crippen LogP contribution in [0.5, 0.6) is 0 Å². The van der Waals surface area contributed by atoms with Crippen molar-refractivity contribution >= 4 is 23.4 Å². The fraction of sp³-hybridized carbons (Fsp3) is 0.500. The zero-order valence-corrected chi connectivity index (χ0v) is 14.3. The molecule has 0 aliphatic carbocycles. The van der Waals surface area contributed by atoms with Crippen molar-refractivity contribution in [3.63, 3.8) is 0 Å². The zero-order chi connectivity index (χ0) is 18.4. The maximum Gasteiger partial charge on any atom is 0.409 e. The Morgan fingerprint density at radius 1 is 1.12 bits per heavy atom. The van der Waals surface area contributed by atoms with Crippen molar-refractivity contribution in [1.82, 2.24) is 4.90 Å². The fourth-order valence-electron chi connectivity index (χ4n) is 2.62. The summed E-state index contributed by atoms with van der Waals surface area (Å²) in [4.78, 5) is 37.8. The van der Waals surface area contributed by atoms with Gasteiger partial charge in [-0.05, 0) is 26.0 Å². The van der Waals surface area contributed by atoms with Crippen LogP contribution >= 0.6 is 0 Å². The minimum atomic E-state index is -0.593. The lowest BCUT2D eigenvalue weighted by Gasteiger charge is -2.35. The third-order valence-corrected chi connectivity index (χ3v) is 3.83. The van der Waals surface area contributed by atoms with Gasteiger partial charge in [-0.3, -0.25) is 10.1 Å². The highest BCUT2D eigenvalue weighted by atomic mass is 16.6. The van der Waals surface area contributed by atoms with Gasteiger partial charge >= 0.3 is 12.1 Å². The van der Waals surface area contributed by atoms with Crippen molar-refractivity contribution in [2.75, 3.05) is 44.3 Å². The molecular formula is C16H21N3O6. The largest absolute Gasteiger partial charge is 0.462 e. The van der Waals surface area contributed by atoms with E-state index >= 15 is 0 Å². The minimum absolute atomic E-state index is 0.141. The molecule has 1 aliphatic heterocycles. The molecule has 1 aromatic carbocycles. The van der Waals surface area contributed by atoms with Crippen LogP contribution in [0.3, 0.4) is 0 Å².